The Morgan fingerprint density at radius 3 is 2.75 bits per heavy atom. The van der Waals surface area contributed by atoms with Crippen LogP contribution in [0, 0.1) is 5.92 Å². The highest BCUT2D eigenvalue weighted by atomic mass is 14.9. The molecule has 0 spiro atoms. The van der Waals surface area contributed by atoms with Crippen molar-refractivity contribution in [3.63, 3.8) is 0 Å². The second-order valence-electron chi connectivity index (χ2n) is 4.50. The van der Waals surface area contributed by atoms with Crippen LogP contribution in [0.15, 0.2) is 30.5 Å². The Morgan fingerprint density at radius 2 is 2.06 bits per heavy atom. The van der Waals surface area contributed by atoms with Crippen LogP contribution in [0.5, 0.6) is 0 Å². The number of aryl methyl sites for hydroxylation is 1. The van der Waals surface area contributed by atoms with Crippen LogP contribution < -0.4 is 5.73 Å². The first-order valence-corrected chi connectivity index (χ1v) is 5.99. The number of fused-ring (bicyclic) bond motifs is 1. The lowest BCUT2D eigenvalue weighted by molar-refractivity contribution is 0.520. The van der Waals surface area contributed by atoms with Crippen LogP contribution in [-0.2, 0) is 13.5 Å². The summed E-state index contributed by atoms with van der Waals surface area (Å²) in [5, 5.41) is 1.37. The first-order valence-electron chi connectivity index (χ1n) is 5.99. The zero-order valence-corrected chi connectivity index (χ0v) is 10.1. The van der Waals surface area contributed by atoms with E-state index in [1.165, 1.54) is 16.5 Å². The quantitative estimate of drug-likeness (QED) is 0.837. The number of hydrogen-bond donors (Lipinski definition) is 1. The van der Waals surface area contributed by atoms with Crippen molar-refractivity contribution in [1.82, 2.24) is 4.57 Å². The second kappa shape index (κ2) is 4.71. The smallest absolute Gasteiger partial charge is 0.0480 e. The molecule has 2 aromatic rings. The molecular formula is C14H20N2. The summed E-state index contributed by atoms with van der Waals surface area (Å²) in [7, 11) is 2.11. The molecule has 0 radical (unpaired) electrons. The van der Waals surface area contributed by atoms with Crippen LogP contribution in [-0.4, -0.2) is 11.1 Å². The third-order valence-corrected chi connectivity index (χ3v) is 3.40. The van der Waals surface area contributed by atoms with Gasteiger partial charge in [-0.1, -0.05) is 31.5 Å². The predicted octanol–water partition coefficient (Wildman–Crippen LogP) is 2.71. The van der Waals surface area contributed by atoms with Gasteiger partial charge in [0.05, 0.1) is 0 Å². The molecule has 16 heavy (non-hydrogen) atoms. The van der Waals surface area contributed by atoms with Gasteiger partial charge in [-0.05, 0) is 30.5 Å². The summed E-state index contributed by atoms with van der Waals surface area (Å²) in [6, 6.07) is 8.57. The van der Waals surface area contributed by atoms with E-state index in [1.54, 1.807) is 0 Å². The van der Waals surface area contributed by atoms with E-state index >= 15 is 0 Å². The average Bonchev–Trinajstić information content (AvgIpc) is 2.64. The molecule has 0 fully saturated rings. The highest BCUT2D eigenvalue weighted by Crippen LogP contribution is 2.23. The Kier molecular flexibility index (Phi) is 3.30. The van der Waals surface area contributed by atoms with Gasteiger partial charge in [-0.2, -0.15) is 0 Å². The number of nitrogens with two attached hydrogens (primary N) is 1. The lowest BCUT2D eigenvalue weighted by atomic mass is 9.97. The monoisotopic (exact) mass is 216 g/mol. The number of nitrogens with zero attached hydrogens (tertiary/aromatic N) is 1. The molecule has 0 aliphatic heterocycles. The Hall–Kier alpha value is -1.28. The van der Waals surface area contributed by atoms with Gasteiger partial charge in [0.2, 0.25) is 0 Å². The van der Waals surface area contributed by atoms with Crippen LogP contribution >= 0.6 is 0 Å². The van der Waals surface area contributed by atoms with Crippen molar-refractivity contribution in [1.29, 1.82) is 0 Å². The normalized spacial score (nSPS) is 13.2. The van der Waals surface area contributed by atoms with E-state index in [2.05, 4.69) is 49.0 Å². The van der Waals surface area contributed by atoms with Crippen LogP contribution in [0.25, 0.3) is 10.9 Å². The molecule has 0 aliphatic carbocycles. The summed E-state index contributed by atoms with van der Waals surface area (Å²) < 4.78 is 2.20. The lowest BCUT2D eigenvalue weighted by Gasteiger charge is -2.10. The minimum absolute atomic E-state index is 0.603. The molecule has 1 aromatic carbocycles. The van der Waals surface area contributed by atoms with Gasteiger partial charge in [0.25, 0.3) is 0 Å². The first kappa shape index (κ1) is 11.2. The fraction of sp³-hybridized carbons (Fsp3) is 0.429. The van der Waals surface area contributed by atoms with Gasteiger partial charge in [-0.15, -0.1) is 0 Å². The summed E-state index contributed by atoms with van der Waals surface area (Å²) in [5.41, 5.74) is 8.51. The average molecular weight is 216 g/mol. The first-order chi connectivity index (χ1) is 7.76. The van der Waals surface area contributed by atoms with Gasteiger partial charge in [0.1, 0.15) is 0 Å². The van der Waals surface area contributed by atoms with E-state index in [4.69, 9.17) is 5.73 Å². The van der Waals surface area contributed by atoms with Gasteiger partial charge < -0.3 is 10.3 Å². The van der Waals surface area contributed by atoms with Crippen molar-refractivity contribution in [3.8, 4) is 0 Å². The van der Waals surface area contributed by atoms with Crippen molar-refractivity contribution < 1.29 is 0 Å². The van der Waals surface area contributed by atoms with E-state index in [-0.39, 0.29) is 0 Å². The summed E-state index contributed by atoms with van der Waals surface area (Å²) >= 11 is 0. The van der Waals surface area contributed by atoms with Crippen molar-refractivity contribution in [3.05, 3.63) is 36.0 Å². The molecule has 2 nitrogen and oxygen atoms in total. The largest absolute Gasteiger partial charge is 0.350 e. The molecule has 2 rings (SSSR count). The molecule has 1 atom stereocenters. The Labute approximate surface area is 97.1 Å². The molecule has 0 saturated heterocycles. The van der Waals surface area contributed by atoms with Crippen LogP contribution in [0.3, 0.4) is 0 Å². The standard InChI is InChI=1S/C14H20N2/c1-3-11(9-15)8-12-10-16(2)14-7-5-4-6-13(12)14/h4-7,10-11H,3,8-9,15H2,1-2H3. The summed E-state index contributed by atoms with van der Waals surface area (Å²) in [5.74, 6) is 0.603. The number of hydrogen-bond acceptors (Lipinski definition) is 1. The van der Waals surface area contributed by atoms with Crippen molar-refractivity contribution in [2.45, 2.75) is 19.8 Å². The van der Waals surface area contributed by atoms with E-state index in [9.17, 15) is 0 Å². The summed E-state index contributed by atoms with van der Waals surface area (Å²) in [4.78, 5) is 0. The molecule has 86 valence electrons. The van der Waals surface area contributed by atoms with Gasteiger partial charge in [0.15, 0.2) is 0 Å². The maximum atomic E-state index is 5.78. The van der Waals surface area contributed by atoms with Crippen molar-refractivity contribution in [2.24, 2.45) is 18.7 Å². The third-order valence-electron chi connectivity index (χ3n) is 3.40. The number of rotatable bonds is 4. The molecule has 2 heteroatoms. The fourth-order valence-corrected chi connectivity index (χ4v) is 2.29. The summed E-state index contributed by atoms with van der Waals surface area (Å²) in [6.07, 6.45) is 4.48. The Morgan fingerprint density at radius 1 is 1.31 bits per heavy atom. The van der Waals surface area contributed by atoms with Crippen LogP contribution in [0.2, 0.25) is 0 Å². The number of aromatic nitrogens is 1. The van der Waals surface area contributed by atoms with E-state index in [0.29, 0.717) is 5.92 Å². The molecule has 1 aromatic heterocycles. The summed E-state index contributed by atoms with van der Waals surface area (Å²) in [6.45, 7) is 2.99. The maximum absolute atomic E-state index is 5.78. The molecule has 2 N–H and O–H groups in total. The zero-order valence-electron chi connectivity index (χ0n) is 10.1. The zero-order chi connectivity index (χ0) is 11.5. The Balaban J connectivity index is 2.37. The highest BCUT2D eigenvalue weighted by Gasteiger charge is 2.10. The van der Waals surface area contributed by atoms with Crippen LogP contribution in [0.4, 0.5) is 0 Å². The van der Waals surface area contributed by atoms with E-state index < -0.39 is 0 Å². The van der Waals surface area contributed by atoms with E-state index in [0.717, 1.165) is 19.4 Å². The van der Waals surface area contributed by atoms with Gasteiger partial charge >= 0.3 is 0 Å². The second-order valence-corrected chi connectivity index (χ2v) is 4.50. The van der Waals surface area contributed by atoms with Crippen molar-refractivity contribution >= 4 is 10.9 Å². The molecule has 1 unspecified atom stereocenters. The third kappa shape index (κ3) is 1.98. The van der Waals surface area contributed by atoms with Gasteiger partial charge in [-0.3, -0.25) is 0 Å². The van der Waals surface area contributed by atoms with Crippen LogP contribution in [0.1, 0.15) is 18.9 Å². The highest BCUT2D eigenvalue weighted by molar-refractivity contribution is 5.83. The minimum atomic E-state index is 0.603. The fourth-order valence-electron chi connectivity index (χ4n) is 2.29. The molecule has 0 saturated carbocycles. The van der Waals surface area contributed by atoms with Gasteiger partial charge in [0, 0.05) is 24.1 Å². The SMILES string of the molecule is CCC(CN)Cc1cn(C)c2ccccc12. The minimum Gasteiger partial charge on any atom is -0.350 e. The van der Waals surface area contributed by atoms with E-state index in [1.807, 2.05) is 0 Å². The predicted molar refractivity (Wildman–Crippen MR) is 69.5 cm³/mol. The molecular weight excluding hydrogens is 196 g/mol. The molecule has 0 aliphatic rings. The molecule has 1 heterocycles. The maximum Gasteiger partial charge on any atom is 0.0480 e. The topological polar surface area (TPSA) is 30.9 Å². The lowest BCUT2D eigenvalue weighted by Crippen LogP contribution is -2.15. The van der Waals surface area contributed by atoms with Crippen molar-refractivity contribution in [2.75, 3.05) is 6.54 Å². The number of para-hydroxylation sites is 1. The molecule has 0 amide bonds. The Bertz CT molecular complexity index is 467. The van der Waals surface area contributed by atoms with Gasteiger partial charge in [-0.25, -0.2) is 0 Å². The number of benzene rings is 1. The molecule has 0 bridgehead atoms.